The van der Waals surface area contributed by atoms with Gasteiger partial charge < -0.3 is 5.32 Å². The highest BCUT2D eigenvalue weighted by Gasteiger charge is 2.24. The standard InChI is InChI=1S/C19H14N4O2S/c24-18-16(26-19(25)23-18)9-13-6-7-15-14(8-13)17(22-11-21-15)20-10-12-4-2-1-3-5-12/h1-9,11H,10H2,(H,20,21,22)(H,23,24,25). The van der Waals surface area contributed by atoms with Gasteiger partial charge in [-0.1, -0.05) is 36.4 Å². The normalized spacial score (nSPS) is 15.5. The van der Waals surface area contributed by atoms with Crippen molar-refractivity contribution in [3.63, 3.8) is 0 Å². The molecule has 1 fully saturated rings. The van der Waals surface area contributed by atoms with Gasteiger partial charge >= 0.3 is 0 Å². The van der Waals surface area contributed by atoms with Crippen LogP contribution >= 0.6 is 11.8 Å². The van der Waals surface area contributed by atoms with E-state index >= 15 is 0 Å². The zero-order valence-electron chi connectivity index (χ0n) is 13.6. The van der Waals surface area contributed by atoms with Gasteiger partial charge in [0.25, 0.3) is 11.1 Å². The fourth-order valence-corrected chi connectivity index (χ4v) is 3.34. The van der Waals surface area contributed by atoms with E-state index in [-0.39, 0.29) is 11.1 Å². The molecule has 0 radical (unpaired) electrons. The van der Waals surface area contributed by atoms with Crippen molar-refractivity contribution in [2.45, 2.75) is 6.54 Å². The van der Waals surface area contributed by atoms with Crippen molar-refractivity contribution < 1.29 is 9.59 Å². The summed E-state index contributed by atoms with van der Waals surface area (Å²) >= 11 is 0.900. The molecule has 0 unspecified atom stereocenters. The minimum Gasteiger partial charge on any atom is -0.365 e. The molecule has 1 saturated heterocycles. The van der Waals surface area contributed by atoms with E-state index in [4.69, 9.17) is 0 Å². The Hall–Kier alpha value is -3.19. The molecule has 0 bridgehead atoms. The summed E-state index contributed by atoms with van der Waals surface area (Å²) in [5.41, 5.74) is 2.76. The van der Waals surface area contributed by atoms with E-state index in [2.05, 4.69) is 20.6 Å². The van der Waals surface area contributed by atoms with Crippen molar-refractivity contribution in [1.82, 2.24) is 15.3 Å². The molecule has 3 aromatic rings. The molecule has 0 atom stereocenters. The highest BCUT2D eigenvalue weighted by molar-refractivity contribution is 8.18. The van der Waals surface area contributed by atoms with Crippen LogP contribution in [-0.2, 0) is 11.3 Å². The van der Waals surface area contributed by atoms with Crippen LogP contribution in [0.5, 0.6) is 0 Å². The Kier molecular flexibility index (Phi) is 4.37. The summed E-state index contributed by atoms with van der Waals surface area (Å²) in [7, 11) is 0. The number of imide groups is 1. The molecule has 1 aliphatic heterocycles. The maximum Gasteiger partial charge on any atom is 0.290 e. The number of amides is 2. The first-order chi connectivity index (χ1) is 12.7. The van der Waals surface area contributed by atoms with Crippen molar-refractivity contribution in [3.8, 4) is 0 Å². The maximum absolute atomic E-state index is 11.7. The lowest BCUT2D eigenvalue weighted by Crippen LogP contribution is -2.17. The number of rotatable bonds is 4. The van der Waals surface area contributed by atoms with Gasteiger partial charge in [0.05, 0.1) is 10.4 Å². The van der Waals surface area contributed by atoms with Gasteiger partial charge in [-0.3, -0.25) is 14.9 Å². The summed E-state index contributed by atoms with van der Waals surface area (Å²) in [4.78, 5) is 32.0. The molecule has 1 aliphatic rings. The molecule has 0 aliphatic carbocycles. The fraction of sp³-hybridized carbons (Fsp3) is 0.0526. The van der Waals surface area contributed by atoms with E-state index in [0.29, 0.717) is 11.4 Å². The fourth-order valence-electron chi connectivity index (χ4n) is 2.66. The number of benzene rings is 2. The zero-order chi connectivity index (χ0) is 17.9. The van der Waals surface area contributed by atoms with E-state index in [1.807, 2.05) is 48.5 Å². The van der Waals surface area contributed by atoms with Crippen LogP contribution in [-0.4, -0.2) is 21.1 Å². The monoisotopic (exact) mass is 362 g/mol. The number of aromatic nitrogens is 2. The van der Waals surface area contributed by atoms with Gasteiger partial charge in [-0.25, -0.2) is 9.97 Å². The first-order valence-electron chi connectivity index (χ1n) is 7.96. The third kappa shape index (κ3) is 3.43. The number of carbonyl (C=O) groups is 2. The molecule has 26 heavy (non-hydrogen) atoms. The highest BCUT2D eigenvalue weighted by Crippen LogP contribution is 2.27. The second-order valence-electron chi connectivity index (χ2n) is 5.69. The van der Waals surface area contributed by atoms with Crippen LogP contribution in [0.2, 0.25) is 0 Å². The molecule has 2 aromatic carbocycles. The van der Waals surface area contributed by atoms with Crippen LogP contribution in [0, 0.1) is 0 Å². The van der Waals surface area contributed by atoms with Crippen LogP contribution in [0.4, 0.5) is 10.6 Å². The minimum absolute atomic E-state index is 0.351. The van der Waals surface area contributed by atoms with E-state index in [0.717, 1.165) is 39.6 Å². The molecular formula is C19H14N4O2S. The van der Waals surface area contributed by atoms with Gasteiger partial charge in [-0.15, -0.1) is 0 Å². The molecule has 0 spiro atoms. The summed E-state index contributed by atoms with van der Waals surface area (Å²) in [5, 5.41) is 6.09. The number of nitrogens with one attached hydrogen (secondary N) is 2. The molecule has 1 aromatic heterocycles. The number of hydrogen-bond acceptors (Lipinski definition) is 6. The number of carbonyl (C=O) groups excluding carboxylic acids is 2. The van der Waals surface area contributed by atoms with Crippen molar-refractivity contribution in [2.75, 3.05) is 5.32 Å². The molecule has 0 saturated carbocycles. The lowest BCUT2D eigenvalue weighted by Gasteiger charge is -2.09. The Morgan fingerprint density at radius 2 is 1.92 bits per heavy atom. The third-order valence-electron chi connectivity index (χ3n) is 3.90. The van der Waals surface area contributed by atoms with E-state index in [9.17, 15) is 9.59 Å². The van der Waals surface area contributed by atoms with E-state index in [1.54, 1.807) is 6.08 Å². The van der Waals surface area contributed by atoms with Gasteiger partial charge in [0.2, 0.25) is 0 Å². The number of thioether (sulfide) groups is 1. The lowest BCUT2D eigenvalue weighted by molar-refractivity contribution is -0.115. The smallest absolute Gasteiger partial charge is 0.290 e. The Labute approximate surface area is 153 Å². The van der Waals surface area contributed by atoms with Crippen molar-refractivity contribution in [2.24, 2.45) is 0 Å². The molecular weight excluding hydrogens is 348 g/mol. The first-order valence-corrected chi connectivity index (χ1v) is 8.78. The number of hydrogen-bond donors (Lipinski definition) is 2. The topological polar surface area (TPSA) is 84.0 Å². The molecule has 2 heterocycles. The van der Waals surface area contributed by atoms with Gasteiger partial charge in [0, 0.05) is 11.9 Å². The maximum atomic E-state index is 11.7. The summed E-state index contributed by atoms with van der Waals surface area (Å²) in [6.45, 7) is 0.644. The highest BCUT2D eigenvalue weighted by atomic mass is 32.2. The Balaban J connectivity index is 1.65. The second kappa shape index (κ2) is 6.97. The minimum atomic E-state index is -0.369. The average Bonchev–Trinajstić information content (AvgIpc) is 2.98. The zero-order valence-corrected chi connectivity index (χ0v) is 14.4. The first kappa shape index (κ1) is 16.3. The van der Waals surface area contributed by atoms with Gasteiger partial charge in [-0.05, 0) is 41.1 Å². The molecule has 7 heteroatoms. The Morgan fingerprint density at radius 3 is 2.69 bits per heavy atom. The largest absolute Gasteiger partial charge is 0.365 e. The Bertz CT molecular complexity index is 1030. The lowest BCUT2D eigenvalue weighted by atomic mass is 10.1. The molecule has 2 N–H and O–H groups in total. The van der Waals surface area contributed by atoms with Crippen LogP contribution in [0.3, 0.4) is 0 Å². The van der Waals surface area contributed by atoms with Gasteiger partial charge in [-0.2, -0.15) is 0 Å². The molecule has 4 rings (SSSR count). The number of anilines is 1. The van der Waals surface area contributed by atoms with Crippen molar-refractivity contribution in [3.05, 3.63) is 70.9 Å². The van der Waals surface area contributed by atoms with Crippen LogP contribution in [0.25, 0.3) is 17.0 Å². The van der Waals surface area contributed by atoms with E-state index in [1.165, 1.54) is 6.33 Å². The number of fused-ring (bicyclic) bond motifs is 1. The van der Waals surface area contributed by atoms with Gasteiger partial charge in [0.15, 0.2) is 0 Å². The third-order valence-corrected chi connectivity index (χ3v) is 4.71. The van der Waals surface area contributed by atoms with Crippen LogP contribution in [0.1, 0.15) is 11.1 Å². The quantitative estimate of drug-likeness (QED) is 0.691. The van der Waals surface area contributed by atoms with Crippen LogP contribution < -0.4 is 10.6 Å². The van der Waals surface area contributed by atoms with Crippen molar-refractivity contribution >= 4 is 45.7 Å². The summed E-state index contributed by atoms with van der Waals surface area (Å²) in [5.74, 6) is 0.352. The second-order valence-corrected chi connectivity index (χ2v) is 6.70. The Morgan fingerprint density at radius 1 is 1.08 bits per heavy atom. The molecule has 128 valence electrons. The average molecular weight is 362 g/mol. The van der Waals surface area contributed by atoms with Crippen LogP contribution in [0.15, 0.2) is 59.8 Å². The van der Waals surface area contributed by atoms with Crippen molar-refractivity contribution in [1.29, 1.82) is 0 Å². The predicted octanol–water partition coefficient (Wildman–Crippen LogP) is 3.57. The summed E-state index contributed by atoms with van der Waals surface area (Å²) < 4.78 is 0. The molecule has 6 nitrogen and oxygen atoms in total. The SMILES string of the molecule is O=C1NC(=O)C(=Cc2ccc3ncnc(NCc4ccccc4)c3c2)S1. The number of nitrogens with zero attached hydrogens (tertiary/aromatic N) is 2. The predicted molar refractivity (Wildman–Crippen MR) is 102 cm³/mol. The van der Waals surface area contributed by atoms with Gasteiger partial charge in [0.1, 0.15) is 12.1 Å². The summed E-state index contributed by atoms with van der Waals surface area (Å²) in [6.07, 6.45) is 3.21. The van der Waals surface area contributed by atoms with E-state index < -0.39 is 0 Å². The summed E-state index contributed by atoms with van der Waals surface area (Å²) in [6, 6.07) is 15.7. The molecule has 2 amide bonds.